The number of carbonyl (C=O) groups is 2. The molecule has 0 heterocycles. The molecule has 0 bridgehead atoms. The van der Waals surface area contributed by atoms with Crippen molar-refractivity contribution >= 4 is 12.1 Å². The molecular weight excluding hydrogens is 646 g/mol. The maximum Gasteiger partial charge on any atom is 0.407 e. The lowest BCUT2D eigenvalue weighted by atomic mass is 10.2. The Morgan fingerprint density at radius 2 is 1.24 bits per heavy atom. The van der Waals surface area contributed by atoms with E-state index < -0.39 is 24.3 Å². The highest BCUT2D eigenvalue weighted by Crippen LogP contribution is 2.19. The SMILES string of the molecule is C=C(C)C(=O)OCCCCCNC(=O)OC(COCCOc1cccc(OCCOCC(O)COc2ccccc2)c1)COc1ccccc1. The zero-order chi connectivity index (χ0) is 35.7. The van der Waals surface area contributed by atoms with Gasteiger partial charge in [-0.05, 0) is 62.6 Å². The molecule has 0 aliphatic rings. The topological polar surface area (TPSA) is 140 Å². The van der Waals surface area contributed by atoms with Crippen LogP contribution in [0, 0.1) is 0 Å². The molecule has 12 nitrogen and oxygen atoms in total. The van der Waals surface area contributed by atoms with Gasteiger partial charge < -0.3 is 48.3 Å². The van der Waals surface area contributed by atoms with E-state index in [1.807, 2.05) is 78.9 Å². The first kappa shape index (κ1) is 39.7. The standard InChI is InChI=1S/C38H49NO11/c1-30(2)37(41)47-20-11-5-10-19-39-38(42)50-36(29-49-33-15-8-4-9-16-33)28-44-22-24-46-35-18-12-17-34(25-35)45-23-21-43-26-31(40)27-48-32-13-6-3-7-14-32/h3-4,6-9,12-18,25,31,36,40H,1,5,10-11,19-24,26-29H2,2H3,(H,39,42). The predicted octanol–water partition coefficient (Wildman–Crippen LogP) is 5.38. The van der Waals surface area contributed by atoms with Crippen molar-refractivity contribution in [1.82, 2.24) is 5.32 Å². The van der Waals surface area contributed by atoms with Gasteiger partial charge in [0.15, 0.2) is 6.10 Å². The van der Waals surface area contributed by atoms with Crippen LogP contribution in [-0.4, -0.2) is 95.4 Å². The summed E-state index contributed by atoms with van der Waals surface area (Å²) in [7, 11) is 0. The number of unbranched alkanes of at least 4 members (excludes halogenated alkanes) is 2. The Morgan fingerprint density at radius 3 is 1.86 bits per heavy atom. The zero-order valence-corrected chi connectivity index (χ0v) is 28.7. The zero-order valence-electron chi connectivity index (χ0n) is 28.7. The number of carbonyl (C=O) groups excluding carboxylic acids is 2. The number of benzene rings is 3. The van der Waals surface area contributed by atoms with Crippen LogP contribution in [0.2, 0.25) is 0 Å². The van der Waals surface area contributed by atoms with Crippen LogP contribution in [0.4, 0.5) is 4.79 Å². The summed E-state index contributed by atoms with van der Waals surface area (Å²) < 4.78 is 44.8. The molecule has 0 aliphatic carbocycles. The van der Waals surface area contributed by atoms with E-state index in [0.29, 0.717) is 67.8 Å². The Morgan fingerprint density at radius 1 is 0.660 bits per heavy atom. The summed E-state index contributed by atoms with van der Waals surface area (Å²) in [6.45, 7) is 7.46. The smallest absolute Gasteiger partial charge is 0.407 e. The van der Waals surface area contributed by atoms with E-state index in [-0.39, 0.29) is 39.6 Å². The molecule has 0 aromatic heterocycles. The van der Waals surface area contributed by atoms with Gasteiger partial charge in [0.1, 0.15) is 55.5 Å². The van der Waals surface area contributed by atoms with E-state index in [2.05, 4.69) is 11.9 Å². The highest BCUT2D eigenvalue weighted by atomic mass is 16.6. The lowest BCUT2D eigenvalue weighted by molar-refractivity contribution is -0.139. The van der Waals surface area contributed by atoms with Gasteiger partial charge >= 0.3 is 12.1 Å². The first-order valence-corrected chi connectivity index (χ1v) is 16.7. The first-order valence-electron chi connectivity index (χ1n) is 16.7. The monoisotopic (exact) mass is 695 g/mol. The van der Waals surface area contributed by atoms with Gasteiger partial charge in [0.2, 0.25) is 0 Å². The summed E-state index contributed by atoms with van der Waals surface area (Å²) in [5.74, 6) is 2.16. The number of hydrogen-bond acceptors (Lipinski definition) is 11. The Hall–Kier alpha value is -4.78. The molecule has 0 fully saturated rings. The minimum atomic E-state index is -0.751. The van der Waals surface area contributed by atoms with Gasteiger partial charge in [-0.15, -0.1) is 0 Å². The van der Waals surface area contributed by atoms with Gasteiger partial charge in [-0.2, -0.15) is 0 Å². The minimum absolute atomic E-state index is 0.105. The molecule has 0 saturated carbocycles. The quantitative estimate of drug-likeness (QED) is 0.0636. The van der Waals surface area contributed by atoms with E-state index in [1.165, 1.54) is 0 Å². The van der Waals surface area contributed by atoms with Gasteiger partial charge in [-0.1, -0.05) is 49.0 Å². The maximum atomic E-state index is 12.5. The second kappa shape index (κ2) is 24.4. The number of aliphatic hydroxyl groups is 1. The highest BCUT2D eigenvalue weighted by molar-refractivity contribution is 5.86. The van der Waals surface area contributed by atoms with Crippen molar-refractivity contribution in [3.63, 3.8) is 0 Å². The van der Waals surface area contributed by atoms with Crippen molar-refractivity contribution in [1.29, 1.82) is 0 Å². The lowest BCUT2D eigenvalue weighted by Crippen LogP contribution is -2.35. The van der Waals surface area contributed by atoms with E-state index in [4.69, 9.17) is 37.9 Å². The molecule has 2 unspecified atom stereocenters. The molecule has 12 heteroatoms. The second-order valence-electron chi connectivity index (χ2n) is 11.2. The molecule has 0 spiro atoms. The summed E-state index contributed by atoms with van der Waals surface area (Å²) in [4.78, 5) is 23.9. The van der Waals surface area contributed by atoms with Crippen LogP contribution >= 0.6 is 0 Å². The van der Waals surface area contributed by atoms with Crippen LogP contribution in [0.15, 0.2) is 97.1 Å². The maximum absolute atomic E-state index is 12.5. The van der Waals surface area contributed by atoms with Gasteiger partial charge in [-0.25, -0.2) is 9.59 Å². The molecule has 2 atom stereocenters. The van der Waals surface area contributed by atoms with Crippen molar-refractivity contribution in [2.24, 2.45) is 0 Å². The fourth-order valence-corrected chi connectivity index (χ4v) is 4.18. The summed E-state index contributed by atoms with van der Waals surface area (Å²) in [6.07, 6.45) is 0.175. The molecule has 1 amide bonds. The number of hydrogen-bond donors (Lipinski definition) is 2. The summed E-state index contributed by atoms with van der Waals surface area (Å²) in [5.41, 5.74) is 0.367. The van der Waals surface area contributed by atoms with E-state index in [9.17, 15) is 14.7 Å². The number of ether oxygens (including phenoxy) is 8. The van der Waals surface area contributed by atoms with Crippen molar-refractivity contribution in [3.8, 4) is 23.0 Å². The molecule has 2 N–H and O–H groups in total. The van der Waals surface area contributed by atoms with Crippen molar-refractivity contribution in [3.05, 3.63) is 97.1 Å². The molecule has 0 saturated heterocycles. The van der Waals surface area contributed by atoms with Gasteiger partial charge in [0, 0.05) is 18.2 Å². The molecule has 272 valence electrons. The summed E-state index contributed by atoms with van der Waals surface area (Å²) in [6, 6.07) is 25.7. The molecule has 3 aromatic carbocycles. The Bertz CT molecular complexity index is 1370. The number of aliphatic hydroxyl groups excluding tert-OH is 1. The third kappa shape index (κ3) is 18.1. The van der Waals surface area contributed by atoms with Gasteiger partial charge in [0.25, 0.3) is 0 Å². The van der Waals surface area contributed by atoms with Crippen LogP contribution in [-0.2, 0) is 23.7 Å². The number of rotatable bonds is 26. The van der Waals surface area contributed by atoms with E-state index in [1.54, 1.807) is 13.0 Å². The molecule has 50 heavy (non-hydrogen) atoms. The molecule has 0 radical (unpaired) electrons. The van der Waals surface area contributed by atoms with Crippen molar-refractivity contribution in [2.75, 3.05) is 66.0 Å². The highest BCUT2D eigenvalue weighted by Gasteiger charge is 2.16. The molecule has 3 aromatic rings. The average Bonchev–Trinajstić information content (AvgIpc) is 3.13. The molecule has 0 aliphatic heterocycles. The largest absolute Gasteiger partial charge is 0.491 e. The summed E-state index contributed by atoms with van der Waals surface area (Å²) >= 11 is 0. The van der Waals surface area contributed by atoms with Crippen LogP contribution in [0.1, 0.15) is 26.2 Å². The third-order valence-electron chi connectivity index (χ3n) is 6.72. The molecule has 3 rings (SSSR count). The Kier molecular flexibility index (Phi) is 19.3. The fraction of sp³-hybridized carbons (Fsp3) is 0.421. The van der Waals surface area contributed by atoms with Crippen LogP contribution in [0.25, 0.3) is 0 Å². The van der Waals surface area contributed by atoms with Crippen LogP contribution < -0.4 is 24.3 Å². The second-order valence-corrected chi connectivity index (χ2v) is 11.2. The predicted molar refractivity (Wildman–Crippen MR) is 187 cm³/mol. The van der Waals surface area contributed by atoms with Gasteiger partial charge in [0.05, 0.1) is 33.0 Å². The summed E-state index contributed by atoms with van der Waals surface area (Å²) in [5, 5.41) is 12.8. The normalized spacial score (nSPS) is 11.9. The number of esters is 1. The van der Waals surface area contributed by atoms with E-state index in [0.717, 1.165) is 6.42 Å². The Balaban J connectivity index is 1.29. The average molecular weight is 696 g/mol. The number of amides is 1. The fourth-order valence-electron chi connectivity index (χ4n) is 4.18. The number of para-hydroxylation sites is 2. The van der Waals surface area contributed by atoms with Crippen LogP contribution in [0.3, 0.4) is 0 Å². The first-order chi connectivity index (χ1) is 24.4. The van der Waals surface area contributed by atoms with Crippen molar-refractivity contribution in [2.45, 2.75) is 38.4 Å². The lowest BCUT2D eigenvalue weighted by Gasteiger charge is -2.19. The number of nitrogens with one attached hydrogen (secondary N) is 1. The van der Waals surface area contributed by atoms with Gasteiger partial charge in [-0.3, -0.25) is 0 Å². The van der Waals surface area contributed by atoms with Crippen LogP contribution in [0.5, 0.6) is 23.0 Å². The third-order valence-corrected chi connectivity index (χ3v) is 6.72. The number of alkyl carbamates (subject to hydrolysis) is 1. The molecular formula is C38H49NO11. The Labute approximate surface area is 294 Å². The minimum Gasteiger partial charge on any atom is -0.491 e. The van der Waals surface area contributed by atoms with E-state index >= 15 is 0 Å². The van der Waals surface area contributed by atoms with Crippen molar-refractivity contribution < 1.29 is 52.6 Å².